The molecule has 5 heteroatoms. The Kier molecular flexibility index (Phi) is 6.48. The van der Waals surface area contributed by atoms with Gasteiger partial charge in [-0.1, -0.05) is 43.3 Å². The van der Waals surface area contributed by atoms with Crippen LogP contribution in [-0.2, 0) is 22.4 Å². The molecule has 2 aliphatic heterocycles. The van der Waals surface area contributed by atoms with Crippen molar-refractivity contribution in [3.63, 3.8) is 0 Å². The van der Waals surface area contributed by atoms with Crippen molar-refractivity contribution in [3.05, 3.63) is 65.2 Å². The third kappa shape index (κ3) is 4.57. The van der Waals surface area contributed by atoms with E-state index in [9.17, 15) is 9.59 Å². The highest BCUT2D eigenvalue weighted by atomic mass is 16.2. The molecule has 2 aromatic carbocycles. The first-order valence-corrected chi connectivity index (χ1v) is 11.1. The molecule has 2 heterocycles. The number of likely N-dealkylation sites (tertiary alicyclic amines) is 1. The Labute approximate surface area is 179 Å². The van der Waals surface area contributed by atoms with Gasteiger partial charge in [0, 0.05) is 25.3 Å². The predicted molar refractivity (Wildman–Crippen MR) is 119 cm³/mol. The molecule has 1 atom stereocenters. The molecule has 158 valence electrons. The van der Waals surface area contributed by atoms with Gasteiger partial charge in [-0.05, 0) is 60.9 Å². The van der Waals surface area contributed by atoms with Gasteiger partial charge in [-0.25, -0.2) is 0 Å². The summed E-state index contributed by atoms with van der Waals surface area (Å²) in [6.45, 7) is 4.68. The number of nitrogens with zero attached hydrogens (tertiary/aromatic N) is 2. The van der Waals surface area contributed by atoms with E-state index in [-0.39, 0.29) is 24.4 Å². The molecule has 1 saturated heterocycles. The second-order valence-corrected chi connectivity index (χ2v) is 8.31. The second kappa shape index (κ2) is 9.43. The van der Waals surface area contributed by atoms with Gasteiger partial charge in [0.15, 0.2) is 0 Å². The first-order valence-electron chi connectivity index (χ1n) is 11.1. The average molecular weight is 406 g/mol. The molecule has 30 heavy (non-hydrogen) atoms. The molecule has 1 N–H and O–H groups in total. The number of piperidine rings is 1. The Bertz CT molecular complexity index is 888. The van der Waals surface area contributed by atoms with Crippen LogP contribution in [0.4, 0.5) is 5.69 Å². The van der Waals surface area contributed by atoms with Crippen LogP contribution < -0.4 is 5.32 Å². The van der Waals surface area contributed by atoms with Crippen LogP contribution in [0.2, 0.25) is 0 Å². The molecular weight excluding hydrogens is 374 g/mol. The third-order valence-corrected chi connectivity index (χ3v) is 6.28. The standard InChI is InChI=1S/C25H31N3O2/c1-2-19-10-12-21(13-11-19)26-23(29)18-28-17-14-20-8-4-5-9-22(20)24(28)25(30)27-15-6-3-7-16-27/h4-5,8-13,24H,2-3,6-7,14-18H2,1H3,(H,26,29). The molecule has 0 bridgehead atoms. The number of carbonyl (C=O) groups excluding carboxylic acids is 2. The fourth-order valence-corrected chi connectivity index (χ4v) is 4.57. The minimum absolute atomic E-state index is 0.0740. The molecule has 4 rings (SSSR count). The smallest absolute Gasteiger partial charge is 0.244 e. The Morgan fingerprint density at radius 2 is 1.70 bits per heavy atom. The van der Waals surface area contributed by atoms with Crippen LogP contribution >= 0.6 is 0 Å². The van der Waals surface area contributed by atoms with Gasteiger partial charge < -0.3 is 10.2 Å². The monoisotopic (exact) mass is 405 g/mol. The highest BCUT2D eigenvalue weighted by molar-refractivity contribution is 5.93. The molecule has 2 aromatic rings. The van der Waals surface area contributed by atoms with E-state index in [0.29, 0.717) is 6.54 Å². The van der Waals surface area contributed by atoms with E-state index in [2.05, 4.69) is 29.3 Å². The lowest BCUT2D eigenvalue weighted by Crippen LogP contribution is -2.49. The van der Waals surface area contributed by atoms with E-state index in [1.807, 2.05) is 41.3 Å². The van der Waals surface area contributed by atoms with E-state index in [1.54, 1.807) is 0 Å². The summed E-state index contributed by atoms with van der Waals surface area (Å²) in [6.07, 6.45) is 5.15. The Balaban J connectivity index is 1.51. The van der Waals surface area contributed by atoms with Crippen molar-refractivity contribution in [2.24, 2.45) is 0 Å². The maximum absolute atomic E-state index is 13.5. The fraction of sp³-hybridized carbons (Fsp3) is 0.440. The first-order chi connectivity index (χ1) is 14.7. The van der Waals surface area contributed by atoms with Crippen LogP contribution in [0.1, 0.15) is 48.9 Å². The molecule has 0 saturated carbocycles. The Morgan fingerprint density at radius 1 is 0.967 bits per heavy atom. The summed E-state index contributed by atoms with van der Waals surface area (Å²) in [5.41, 5.74) is 4.32. The van der Waals surface area contributed by atoms with Gasteiger partial charge in [0.1, 0.15) is 6.04 Å². The van der Waals surface area contributed by atoms with Crippen molar-refractivity contribution < 1.29 is 9.59 Å². The zero-order valence-corrected chi connectivity index (χ0v) is 17.8. The summed E-state index contributed by atoms with van der Waals surface area (Å²) in [5, 5.41) is 3.00. The van der Waals surface area contributed by atoms with Crippen LogP contribution in [0, 0.1) is 0 Å². The minimum atomic E-state index is -0.374. The minimum Gasteiger partial charge on any atom is -0.341 e. The van der Waals surface area contributed by atoms with Crippen LogP contribution in [0.3, 0.4) is 0 Å². The van der Waals surface area contributed by atoms with Gasteiger partial charge >= 0.3 is 0 Å². The van der Waals surface area contributed by atoms with E-state index < -0.39 is 0 Å². The average Bonchev–Trinajstić information content (AvgIpc) is 2.79. The maximum Gasteiger partial charge on any atom is 0.244 e. The molecule has 0 aromatic heterocycles. The molecule has 1 fully saturated rings. The normalized spacial score (nSPS) is 19.2. The first kappa shape index (κ1) is 20.6. The van der Waals surface area contributed by atoms with Crippen LogP contribution in [0.5, 0.6) is 0 Å². The van der Waals surface area contributed by atoms with Crippen molar-refractivity contribution in [1.29, 1.82) is 0 Å². The topological polar surface area (TPSA) is 52.7 Å². The lowest BCUT2D eigenvalue weighted by Gasteiger charge is -2.39. The predicted octanol–water partition coefficient (Wildman–Crippen LogP) is 3.80. The Hall–Kier alpha value is -2.66. The molecule has 0 aliphatic carbocycles. The molecule has 0 radical (unpaired) electrons. The summed E-state index contributed by atoms with van der Waals surface area (Å²) in [7, 11) is 0. The fourth-order valence-electron chi connectivity index (χ4n) is 4.57. The summed E-state index contributed by atoms with van der Waals surface area (Å²) in [4.78, 5) is 30.3. The van der Waals surface area contributed by atoms with E-state index in [1.165, 1.54) is 17.5 Å². The molecule has 2 amide bonds. The molecule has 5 nitrogen and oxygen atoms in total. The van der Waals surface area contributed by atoms with Crippen molar-refractivity contribution in [2.75, 3.05) is 31.5 Å². The number of amides is 2. The van der Waals surface area contributed by atoms with Gasteiger partial charge in [-0.15, -0.1) is 0 Å². The van der Waals surface area contributed by atoms with Crippen LogP contribution in [-0.4, -0.2) is 47.8 Å². The summed E-state index contributed by atoms with van der Waals surface area (Å²) in [5.74, 6) is 0.0667. The van der Waals surface area contributed by atoms with Crippen LogP contribution in [0.25, 0.3) is 0 Å². The van der Waals surface area contributed by atoms with E-state index >= 15 is 0 Å². The highest BCUT2D eigenvalue weighted by Crippen LogP contribution is 2.32. The number of benzene rings is 2. The van der Waals surface area contributed by atoms with Gasteiger partial charge in [0.2, 0.25) is 11.8 Å². The summed E-state index contributed by atoms with van der Waals surface area (Å²) >= 11 is 0. The molecule has 0 spiro atoms. The number of hydrogen-bond acceptors (Lipinski definition) is 3. The third-order valence-electron chi connectivity index (χ3n) is 6.28. The maximum atomic E-state index is 13.5. The van der Waals surface area contributed by atoms with Gasteiger partial charge in [-0.2, -0.15) is 0 Å². The van der Waals surface area contributed by atoms with Crippen LogP contribution in [0.15, 0.2) is 48.5 Å². The number of hydrogen-bond donors (Lipinski definition) is 1. The SMILES string of the molecule is CCc1ccc(NC(=O)CN2CCc3ccccc3C2C(=O)N2CCCCC2)cc1. The lowest BCUT2D eigenvalue weighted by molar-refractivity contribution is -0.139. The zero-order chi connectivity index (χ0) is 20.9. The second-order valence-electron chi connectivity index (χ2n) is 8.31. The number of anilines is 1. The van der Waals surface area contributed by atoms with Gasteiger partial charge in [-0.3, -0.25) is 14.5 Å². The summed E-state index contributed by atoms with van der Waals surface area (Å²) in [6, 6.07) is 15.8. The largest absolute Gasteiger partial charge is 0.341 e. The van der Waals surface area contributed by atoms with E-state index in [0.717, 1.165) is 50.0 Å². The van der Waals surface area contributed by atoms with Gasteiger partial charge in [0.25, 0.3) is 0 Å². The van der Waals surface area contributed by atoms with Crippen molar-refractivity contribution in [1.82, 2.24) is 9.80 Å². The Morgan fingerprint density at radius 3 is 2.43 bits per heavy atom. The molecule has 1 unspecified atom stereocenters. The zero-order valence-electron chi connectivity index (χ0n) is 17.8. The highest BCUT2D eigenvalue weighted by Gasteiger charge is 2.36. The van der Waals surface area contributed by atoms with Crippen molar-refractivity contribution in [2.45, 2.75) is 45.1 Å². The number of rotatable bonds is 5. The lowest BCUT2D eigenvalue weighted by atomic mass is 9.91. The van der Waals surface area contributed by atoms with Gasteiger partial charge in [0.05, 0.1) is 6.54 Å². The summed E-state index contributed by atoms with van der Waals surface area (Å²) < 4.78 is 0. The number of nitrogens with one attached hydrogen (secondary N) is 1. The van der Waals surface area contributed by atoms with Crippen molar-refractivity contribution in [3.8, 4) is 0 Å². The number of aryl methyl sites for hydroxylation is 1. The molecular formula is C25H31N3O2. The van der Waals surface area contributed by atoms with E-state index in [4.69, 9.17) is 0 Å². The van der Waals surface area contributed by atoms with Crippen molar-refractivity contribution >= 4 is 17.5 Å². The number of fused-ring (bicyclic) bond motifs is 1. The number of carbonyl (C=O) groups is 2. The molecule has 2 aliphatic rings. The quantitative estimate of drug-likeness (QED) is 0.823.